The minimum atomic E-state index is -5.76. The van der Waals surface area contributed by atoms with Crippen LogP contribution < -0.4 is 10.0 Å². The highest BCUT2D eigenvalue weighted by Gasteiger charge is 2.47. The van der Waals surface area contributed by atoms with Crippen LogP contribution >= 0.6 is 0 Å². The Morgan fingerprint density at radius 2 is 0.960 bits per heavy atom. The van der Waals surface area contributed by atoms with Crippen molar-refractivity contribution in [1.82, 2.24) is 0 Å². The Morgan fingerprint density at radius 1 is 0.580 bits per heavy atom. The predicted octanol–water partition coefficient (Wildman–Crippen LogP) is 11.3. The van der Waals surface area contributed by atoms with Crippen molar-refractivity contribution >= 4 is 21.4 Å². The summed E-state index contributed by atoms with van der Waals surface area (Å²) < 4.78 is 71.2. The molecule has 0 atom stereocenters. The molecule has 50 heavy (non-hydrogen) atoms. The summed E-state index contributed by atoms with van der Waals surface area (Å²) in [4.78, 5) is 0. The summed E-state index contributed by atoms with van der Waals surface area (Å²) in [6, 6.07) is 20.5. The second-order valence-corrected chi connectivity index (χ2v) is 17.7. The SMILES string of the molecule is CNc1c(-c2ccc(C(C)(C)C)cc2)cc2c(c1-c1c3c(cc(-c4ccc(C(C)(C)C)cc4)c1NS(=O)(=O)C(F)(F)F)CCCC3)CCCC2. The number of alkyl halides is 3. The van der Waals surface area contributed by atoms with E-state index in [0.29, 0.717) is 23.1 Å². The third-order valence-electron chi connectivity index (χ3n) is 10.5. The van der Waals surface area contributed by atoms with E-state index in [1.54, 1.807) is 0 Å². The molecule has 0 fully saturated rings. The minimum Gasteiger partial charge on any atom is -0.387 e. The maximum Gasteiger partial charge on any atom is 0.516 e. The Bertz CT molecular complexity index is 2020. The number of aryl methyl sites for hydroxylation is 2. The first-order chi connectivity index (χ1) is 23.4. The van der Waals surface area contributed by atoms with Crippen LogP contribution in [0, 0.1) is 0 Å². The molecule has 0 aliphatic heterocycles. The highest BCUT2D eigenvalue weighted by molar-refractivity contribution is 7.93. The van der Waals surface area contributed by atoms with Gasteiger partial charge in [0.2, 0.25) is 0 Å². The molecule has 2 N–H and O–H groups in total. The molecule has 6 rings (SSSR count). The highest BCUT2D eigenvalue weighted by Crippen LogP contribution is 2.52. The molecule has 0 radical (unpaired) electrons. The topological polar surface area (TPSA) is 58.2 Å². The maximum atomic E-state index is 14.3. The first-order valence-electron chi connectivity index (χ1n) is 17.8. The van der Waals surface area contributed by atoms with Gasteiger partial charge in [0.15, 0.2) is 0 Å². The molecule has 4 aromatic rings. The van der Waals surface area contributed by atoms with Gasteiger partial charge in [0.05, 0.1) is 11.4 Å². The summed E-state index contributed by atoms with van der Waals surface area (Å²) in [5, 5.41) is 3.47. The van der Waals surface area contributed by atoms with Gasteiger partial charge in [-0.15, -0.1) is 0 Å². The smallest absolute Gasteiger partial charge is 0.387 e. The lowest BCUT2D eigenvalue weighted by Crippen LogP contribution is -2.30. The van der Waals surface area contributed by atoms with E-state index in [-0.39, 0.29) is 16.5 Å². The lowest BCUT2D eigenvalue weighted by Gasteiger charge is -2.31. The molecule has 2 aliphatic carbocycles. The van der Waals surface area contributed by atoms with Crippen molar-refractivity contribution < 1.29 is 21.6 Å². The van der Waals surface area contributed by atoms with Crippen molar-refractivity contribution in [3.05, 3.63) is 94.0 Å². The van der Waals surface area contributed by atoms with Gasteiger partial charge in [-0.2, -0.15) is 21.6 Å². The Balaban J connectivity index is 1.73. The van der Waals surface area contributed by atoms with Crippen LogP contribution in [0.4, 0.5) is 24.5 Å². The van der Waals surface area contributed by atoms with Crippen LogP contribution in [0.3, 0.4) is 0 Å². The van der Waals surface area contributed by atoms with E-state index in [1.165, 1.54) is 5.56 Å². The van der Waals surface area contributed by atoms with Crippen LogP contribution in [0.5, 0.6) is 0 Å². The van der Waals surface area contributed by atoms with Gasteiger partial charge in [0.1, 0.15) is 0 Å². The standard InChI is InChI=1S/C42H49F3N2O2S/c1-40(2,3)30-20-16-26(17-21-30)34-24-28-12-8-10-14-32(28)36(38(34)46-7)37-33-15-11-9-13-29(33)25-35(39(37)47-50(48,49)42(43,44)45)27-18-22-31(23-19-27)41(4,5)6/h16-25,46-47H,8-15H2,1-7H3. The summed E-state index contributed by atoms with van der Waals surface area (Å²) in [7, 11) is -3.91. The van der Waals surface area contributed by atoms with Crippen molar-refractivity contribution in [3.8, 4) is 33.4 Å². The Kier molecular flexibility index (Phi) is 9.42. The van der Waals surface area contributed by atoms with Gasteiger partial charge < -0.3 is 5.32 Å². The first-order valence-corrected chi connectivity index (χ1v) is 19.3. The summed E-state index contributed by atoms with van der Waals surface area (Å²) >= 11 is 0. The van der Waals surface area contributed by atoms with E-state index in [4.69, 9.17) is 0 Å². The van der Waals surface area contributed by atoms with Gasteiger partial charge in [0.25, 0.3) is 0 Å². The first kappa shape index (κ1) is 36.0. The van der Waals surface area contributed by atoms with Crippen LogP contribution in [-0.4, -0.2) is 21.0 Å². The van der Waals surface area contributed by atoms with Crippen molar-refractivity contribution in [1.29, 1.82) is 0 Å². The quantitative estimate of drug-likeness (QED) is 0.210. The van der Waals surface area contributed by atoms with E-state index in [1.807, 2.05) is 37.4 Å². The molecule has 2 aliphatic rings. The van der Waals surface area contributed by atoms with Crippen LogP contribution in [0.1, 0.15) is 101 Å². The fourth-order valence-corrected chi connectivity index (χ4v) is 8.27. The van der Waals surface area contributed by atoms with E-state index in [9.17, 15) is 21.6 Å². The third kappa shape index (κ3) is 6.80. The largest absolute Gasteiger partial charge is 0.516 e. The van der Waals surface area contributed by atoms with Gasteiger partial charge >= 0.3 is 15.5 Å². The van der Waals surface area contributed by atoms with E-state index >= 15 is 0 Å². The molecule has 4 aromatic carbocycles. The summed E-state index contributed by atoms with van der Waals surface area (Å²) in [6.45, 7) is 12.8. The molecule has 0 heterocycles. The normalized spacial score (nSPS) is 15.3. The summed E-state index contributed by atoms with van der Waals surface area (Å²) in [5.41, 5.74) is 6.11. The van der Waals surface area contributed by atoms with Crippen molar-refractivity contribution in [2.75, 3.05) is 17.1 Å². The molecular formula is C42H49F3N2O2S. The molecular weight excluding hydrogens is 654 g/mol. The number of rotatable bonds is 6. The Morgan fingerprint density at radius 3 is 1.34 bits per heavy atom. The van der Waals surface area contributed by atoms with Crippen LogP contribution in [0.2, 0.25) is 0 Å². The third-order valence-corrected chi connectivity index (χ3v) is 11.5. The molecule has 0 aromatic heterocycles. The van der Waals surface area contributed by atoms with E-state index in [0.717, 1.165) is 95.1 Å². The second-order valence-electron chi connectivity index (χ2n) is 16.0. The molecule has 0 unspecified atom stereocenters. The predicted molar refractivity (Wildman–Crippen MR) is 202 cm³/mol. The number of anilines is 2. The average molecular weight is 703 g/mol. The monoisotopic (exact) mass is 702 g/mol. The van der Waals surface area contributed by atoms with Crippen molar-refractivity contribution in [3.63, 3.8) is 0 Å². The van der Waals surface area contributed by atoms with E-state index < -0.39 is 15.5 Å². The number of sulfonamides is 1. The zero-order chi connectivity index (χ0) is 36.2. The van der Waals surface area contributed by atoms with Gasteiger partial charge in [-0.25, -0.2) is 0 Å². The van der Waals surface area contributed by atoms with Gasteiger partial charge in [-0.3, -0.25) is 4.72 Å². The molecule has 0 amide bonds. The van der Waals surface area contributed by atoms with Crippen molar-refractivity contribution in [2.45, 2.75) is 109 Å². The lowest BCUT2D eigenvalue weighted by atomic mass is 9.76. The summed E-state index contributed by atoms with van der Waals surface area (Å²) in [5.74, 6) is 0. The van der Waals surface area contributed by atoms with Crippen LogP contribution in [0.25, 0.3) is 33.4 Å². The Hall–Kier alpha value is -3.78. The number of nitrogens with one attached hydrogen (secondary N) is 2. The number of hydrogen-bond acceptors (Lipinski definition) is 3. The number of fused-ring (bicyclic) bond motifs is 2. The minimum absolute atomic E-state index is 0.00372. The molecule has 0 saturated heterocycles. The molecule has 0 saturated carbocycles. The lowest BCUT2D eigenvalue weighted by molar-refractivity contribution is -0.0429. The van der Waals surface area contributed by atoms with E-state index in [2.05, 4.69) is 81.9 Å². The zero-order valence-electron chi connectivity index (χ0n) is 30.3. The van der Waals surface area contributed by atoms with Gasteiger partial charge in [-0.1, -0.05) is 90.1 Å². The molecule has 266 valence electrons. The number of hydrogen-bond donors (Lipinski definition) is 2. The maximum absolute atomic E-state index is 14.3. The molecule has 8 heteroatoms. The average Bonchev–Trinajstić information content (AvgIpc) is 3.06. The molecule has 0 bridgehead atoms. The van der Waals surface area contributed by atoms with Crippen molar-refractivity contribution in [2.24, 2.45) is 0 Å². The van der Waals surface area contributed by atoms with Gasteiger partial charge in [0, 0.05) is 29.3 Å². The van der Waals surface area contributed by atoms with Crippen LogP contribution in [0.15, 0.2) is 60.7 Å². The molecule has 0 spiro atoms. The zero-order valence-corrected chi connectivity index (χ0v) is 31.1. The summed E-state index contributed by atoms with van der Waals surface area (Å²) in [6.07, 6.45) is 6.81. The van der Waals surface area contributed by atoms with Crippen LogP contribution in [-0.2, 0) is 46.5 Å². The number of benzene rings is 4. The highest BCUT2D eigenvalue weighted by atomic mass is 32.2. The fraction of sp³-hybridized carbons (Fsp3) is 0.429. The van der Waals surface area contributed by atoms with Gasteiger partial charge in [-0.05, 0) is 119 Å². The number of halogens is 3. The Labute approximate surface area is 296 Å². The fourth-order valence-electron chi connectivity index (χ4n) is 7.68. The second kappa shape index (κ2) is 13.1. The molecule has 4 nitrogen and oxygen atoms in total.